The quantitative estimate of drug-likeness (QED) is 0.697. The molecular weight excluding hydrogens is 322 g/mol. The number of hydrogen-bond acceptors (Lipinski definition) is 5. The fourth-order valence-corrected chi connectivity index (χ4v) is 2.73. The average Bonchev–Trinajstić information content (AvgIpc) is 3.08. The van der Waals surface area contributed by atoms with Crippen molar-refractivity contribution >= 4 is 17.7 Å². The highest BCUT2D eigenvalue weighted by Gasteiger charge is 2.11. The lowest BCUT2D eigenvalue weighted by Crippen LogP contribution is -2.24. The van der Waals surface area contributed by atoms with Crippen LogP contribution >= 0.6 is 11.8 Å². The van der Waals surface area contributed by atoms with Gasteiger partial charge in [-0.15, -0.1) is 10.2 Å². The summed E-state index contributed by atoms with van der Waals surface area (Å²) in [5, 5.41) is 11.3. The van der Waals surface area contributed by atoms with E-state index >= 15 is 0 Å². The Morgan fingerprint density at radius 2 is 1.96 bits per heavy atom. The molecule has 0 spiro atoms. The Morgan fingerprint density at radius 1 is 1.12 bits per heavy atom. The van der Waals surface area contributed by atoms with Crippen LogP contribution in [0.5, 0.6) is 0 Å². The van der Waals surface area contributed by atoms with Gasteiger partial charge in [-0.1, -0.05) is 59.8 Å². The Hall–Kier alpha value is -2.60. The number of carbonyl (C=O) groups excluding carboxylic acids is 1. The van der Waals surface area contributed by atoms with Gasteiger partial charge >= 0.3 is 0 Å². The fourth-order valence-electron chi connectivity index (χ4n) is 2.14. The number of thioether (sulfide) groups is 1. The van der Waals surface area contributed by atoms with Crippen molar-refractivity contribution < 1.29 is 9.21 Å². The van der Waals surface area contributed by atoms with Gasteiger partial charge in [-0.2, -0.15) is 0 Å². The molecular formula is C18H17N3O2S. The summed E-state index contributed by atoms with van der Waals surface area (Å²) in [6.07, 6.45) is 0. The third kappa shape index (κ3) is 4.45. The number of amides is 1. The summed E-state index contributed by atoms with van der Waals surface area (Å²) < 4.78 is 5.60. The van der Waals surface area contributed by atoms with Crippen LogP contribution in [0.15, 0.2) is 64.2 Å². The maximum atomic E-state index is 11.9. The lowest BCUT2D eigenvalue weighted by molar-refractivity contribution is -0.118. The van der Waals surface area contributed by atoms with Crippen molar-refractivity contribution in [1.29, 1.82) is 0 Å². The minimum Gasteiger partial charge on any atom is -0.411 e. The van der Waals surface area contributed by atoms with Gasteiger partial charge in [0.2, 0.25) is 11.8 Å². The second kappa shape index (κ2) is 7.79. The summed E-state index contributed by atoms with van der Waals surface area (Å²) in [6.45, 7) is 2.52. The number of hydrogen-bond donors (Lipinski definition) is 1. The predicted molar refractivity (Wildman–Crippen MR) is 93.5 cm³/mol. The zero-order chi connectivity index (χ0) is 16.8. The SMILES string of the molecule is Cc1cccc(-c2nnc(SCC(=O)NCc3ccccc3)o2)c1. The Bertz CT molecular complexity index is 818. The van der Waals surface area contributed by atoms with Gasteiger partial charge in [0.15, 0.2) is 0 Å². The van der Waals surface area contributed by atoms with Gasteiger partial charge < -0.3 is 9.73 Å². The smallest absolute Gasteiger partial charge is 0.277 e. The van der Waals surface area contributed by atoms with E-state index in [-0.39, 0.29) is 11.7 Å². The minimum absolute atomic E-state index is 0.0702. The Labute approximate surface area is 144 Å². The summed E-state index contributed by atoms with van der Waals surface area (Å²) in [4.78, 5) is 11.9. The Balaban J connectivity index is 1.51. The number of nitrogens with one attached hydrogen (secondary N) is 1. The molecule has 0 atom stereocenters. The van der Waals surface area contributed by atoms with Crippen molar-refractivity contribution in [2.75, 3.05) is 5.75 Å². The highest BCUT2D eigenvalue weighted by atomic mass is 32.2. The third-order valence-electron chi connectivity index (χ3n) is 3.33. The number of aromatic nitrogens is 2. The third-order valence-corrected chi connectivity index (χ3v) is 4.15. The van der Waals surface area contributed by atoms with Crippen LogP contribution in [0.4, 0.5) is 0 Å². The predicted octanol–water partition coefficient (Wildman–Crippen LogP) is 3.45. The molecule has 0 aliphatic heterocycles. The molecule has 1 N–H and O–H groups in total. The van der Waals surface area contributed by atoms with Crippen LogP contribution < -0.4 is 5.32 Å². The van der Waals surface area contributed by atoms with Crippen molar-refractivity contribution in [3.8, 4) is 11.5 Å². The summed E-state index contributed by atoms with van der Waals surface area (Å²) in [6, 6.07) is 17.6. The van der Waals surface area contributed by atoms with Gasteiger partial charge in [-0.3, -0.25) is 4.79 Å². The molecule has 6 heteroatoms. The first-order valence-corrected chi connectivity index (χ1v) is 8.53. The van der Waals surface area contributed by atoms with E-state index in [0.29, 0.717) is 17.7 Å². The summed E-state index contributed by atoms with van der Waals surface area (Å²) in [5.74, 6) is 0.632. The summed E-state index contributed by atoms with van der Waals surface area (Å²) in [5.41, 5.74) is 3.07. The average molecular weight is 339 g/mol. The van der Waals surface area contributed by atoms with E-state index in [4.69, 9.17) is 4.42 Å². The van der Waals surface area contributed by atoms with E-state index in [1.807, 2.05) is 61.5 Å². The molecule has 0 bridgehead atoms. The monoisotopic (exact) mass is 339 g/mol. The van der Waals surface area contributed by atoms with E-state index in [0.717, 1.165) is 16.7 Å². The van der Waals surface area contributed by atoms with Gasteiger partial charge in [0, 0.05) is 12.1 Å². The van der Waals surface area contributed by atoms with Crippen molar-refractivity contribution in [3.63, 3.8) is 0 Å². The van der Waals surface area contributed by atoms with Gasteiger partial charge in [0.25, 0.3) is 5.22 Å². The molecule has 0 saturated heterocycles. The maximum absolute atomic E-state index is 11.9. The van der Waals surface area contributed by atoms with Gasteiger partial charge in [0.05, 0.1) is 5.75 Å². The van der Waals surface area contributed by atoms with E-state index in [9.17, 15) is 4.79 Å². The highest BCUT2D eigenvalue weighted by Crippen LogP contribution is 2.23. The molecule has 1 amide bonds. The van der Waals surface area contributed by atoms with Gasteiger partial charge in [0.1, 0.15) is 0 Å². The molecule has 0 radical (unpaired) electrons. The van der Waals surface area contributed by atoms with Crippen LogP contribution in [-0.4, -0.2) is 21.9 Å². The van der Waals surface area contributed by atoms with Crippen molar-refractivity contribution in [3.05, 3.63) is 65.7 Å². The van der Waals surface area contributed by atoms with Crippen molar-refractivity contribution in [1.82, 2.24) is 15.5 Å². The number of aryl methyl sites for hydroxylation is 1. The molecule has 122 valence electrons. The van der Waals surface area contributed by atoms with Crippen LogP contribution in [-0.2, 0) is 11.3 Å². The Morgan fingerprint density at radius 3 is 2.75 bits per heavy atom. The first-order valence-electron chi connectivity index (χ1n) is 7.55. The van der Waals surface area contributed by atoms with E-state index in [1.165, 1.54) is 11.8 Å². The second-order valence-corrected chi connectivity index (χ2v) is 6.22. The highest BCUT2D eigenvalue weighted by molar-refractivity contribution is 7.99. The lowest BCUT2D eigenvalue weighted by atomic mass is 10.1. The second-order valence-electron chi connectivity index (χ2n) is 5.29. The van der Waals surface area contributed by atoms with E-state index < -0.39 is 0 Å². The largest absolute Gasteiger partial charge is 0.411 e. The number of benzene rings is 2. The lowest BCUT2D eigenvalue weighted by Gasteiger charge is -2.03. The van der Waals surface area contributed by atoms with E-state index in [1.54, 1.807) is 0 Å². The molecule has 0 aliphatic rings. The molecule has 0 unspecified atom stereocenters. The molecule has 2 aromatic carbocycles. The van der Waals surface area contributed by atoms with E-state index in [2.05, 4.69) is 15.5 Å². The van der Waals surface area contributed by atoms with Crippen molar-refractivity contribution in [2.24, 2.45) is 0 Å². The molecule has 0 aliphatic carbocycles. The Kier molecular flexibility index (Phi) is 5.28. The molecule has 1 aromatic heterocycles. The molecule has 5 nitrogen and oxygen atoms in total. The van der Waals surface area contributed by atoms with Crippen LogP contribution in [0.25, 0.3) is 11.5 Å². The normalized spacial score (nSPS) is 10.5. The first-order chi connectivity index (χ1) is 11.7. The summed E-state index contributed by atoms with van der Waals surface area (Å²) in [7, 11) is 0. The molecule has 24 heavy (non-hydrogen) atoms. The van der Waals surface area contributed by atoms with Crippen LogP contribution in [0.2, 0.25) is 0 Å². The van der Waals surface area contributed by atoms with Gasteiger partial charge in [-0.25, -0.2) is 0 Å². The first kappa shape index (κ1) is 16.3. The molecule has 1 heterocycles. The van der Waals surface area contributed by atoms with Crippen LogP contribution in [0, 0.1) is 6.92 Å². The van der Waals surface area contributed by atoms with Crippen LogP contribution in [0.1, 0.15) is 11.1 Å². The molecule has 3 rings (SSSR count). The standard InChI is InChI=1S/C18H17N3O2S/c1-13-6-5-9-15(10-13)17-20-21-18(23-17)24-12-16(22)19-11-14-7-3-2-4-8-14/h2-10H,11-12H2,1H3,(H,19,22). The van der Waals surface area contributed by atoms with Crippen molar-refractivity contribution in [2.45, 2.75) is 18.7 Å². The molecule has 3 aromatic rings. The number of carbonyl (C=O) groups is 1. The zero-order valence-electron chi connectivity index (χ0n) is 13.2. The molecule has 0 saturated carbocycles. The number of rotatable bonds is 6. The molecule has 0 fully saturated rings. The minimum atomic E-state index is -0.0702. The maximum Gasteiger partial charge on any atom is 0.277 e. The van der Waals surface area contributed by atoms with Crippen LogP contribution in [0.3, 0.4) is 0 Å². The fraction of sp³-hybridized carbons (Fsp3) is 0.167. The van der Waals surface area contributed by atoms with Gasteiger partial charge in [-0.05, 0) is 24.6 Å². The number of nitrogens with zero attached hydrogens (tertiary/aromatic N) is 2. The zero-order valence-corrected chi connectivity index (χ0v) is 14.0. The summed E-state index contributed by atoms with van der Waals surface area (Å²) >= 11 is 1.23. The topological polar surface area (TPSA) is 68.0 Å².